The second kappa shape index (κ2) is 7.65. The van der Waals surface area contributed by atoms with E-state index in [1.807, 2.05) is 6.07 Å². The van der Waals surface area contributed by atoms with Crippen LogP contribution in [0.5, 0.6) is 17.4 Å². The number of nitrogens with zero attached hydrogens (tertiary/aromatic N) is 2. The average Bonchev–Trinajstić information content (AvgIpc) is 3.12. The summed E-state index contributed by atoms with van der Waals surface area (Å²) in [7, 11) is 0. The standard InChI is InChI=1S/C18H18N2O5/c21-17(20-11-3-4-15(20)18(22)23)12-24-13-6-8-14(9-7-13)25-16-5-1-2-10-19-16/h1-2,5-10,15H,3-4,11-12H2,(H,22,23)/t15-/m1/s1. The van der Waals surface area contributed by atoms with Crippen molar-refractivity contribution >= 4 is 11.9 Å². The summed E-state index contributed by atoms with van der Waals surface area (Å²) in [6.07, 6.45) is 2.82. The molecule has 0 spiro atoms. The molecule has 1 aromatic carbocycles. The quantitative estimate of drug-likeness (QED) is 0.867. The van der Waals surface area contributed by atoms with Gasteiger partial charge in [-0.15, -0.1) is 0 Å². The van der Waals surface area contributed by atoms with Crippen LogP contribution >= 0.6 is 0 Å². The molecule has 1 aromatic heterocycles. The van der Waals surface area contributed by atoms with E-state index < -0.39 is 12.0 Å². The van der Waals surface area contributed by atoms with Gasteiger partial charge in [-0.2, -0.15) is 0 Å². The van der Waals surface area contributed by atoms with Gasteiger partial charge in [0.1, 0.15) is 17.5 Å². The number of likely N-dealkylation sites (tertiary alicyclic amines) is 1. The lowest BCUT2D eigenvalue weighted by Gasteiger charge is -2.21. The van der Waals surface area contributed by atoms with E-state index in [0.29, 0.717) is 36.8 Å². The number of hydrogen-bond donors (Lipinski definition) is 1. The van der Waals surface area contributed by atoms with E-state index >= 15 is 0 Å². The number of ether oxygens (including phenoxy) is 2. The van der Waals surface area contributed by atoms with Crippen LogP contribution in [0.15, 0.2) is 48.7 Å². The topological polar surface area (TPSA) is 89.0 Å². The smallest absolute Gasteiger partial charge is 0.326 e. The molecule has 0 radical (unpaired) electrons. The lowest BCUT2D eigenvalue weighted by atomic mass is 10.2. The molecular formula is C18H18N2O5. The first-order valence-electron chi connectivity index (χ1n) is 7.97. The van der Waals surface area contributed by atoms with Gasteiger partial charge in [-0.05, 0) is 43.2 Å². The Morgan fingerprint density at radius 2 is 1.92 bits per heavy atom. The number of carboxylic acids is 1. The van der Waals surface area contributed by atoms with Crippen molar-refractivity contribution < 1.29 is 24.2 Å². The molecule has 0 saturated carbocycles. The van der Waals surface area contributed by atoms with Crippen molar-refractivity contribution in [1.82, 2.24) is 9.88 Å². The highest BCUT2D eigenvalue weighted by Crippen LogP contribution is 2.23. The van der Waals surface area contributed by atoms with Crippen LogP contribution in [-0.4, -0.2) is 46.1 Å². The minimum absolute atomic E-state index is 0.190. The molecule has 2 aromatic rings. The Morgan fingerprint density at radius 3 is 2.60 bits per heavy atom. The normalized spacial score (nSPS) is 16.5. The van der Waals surface area contributed by atoms with E-state index in [1.165, 1.54) is 4.90 Å². The Morgan fingerprint density at radius 1 is 1.16 bits per heavy atom. The summed E-state index contributed by atoms with van der Waals surface area (Å²) in [5.74, 6) is 0.302. The van der Waals surface area contributed by atoms with Gasteiger partial charge in [-0.1, -0.05) is 6.07 Å². The molecule has 3 rings (SSSR count). The number of rotatable bonds is 6. The van der Waals surface area contributed by atoms with Gasteiger partial charge in [0.2, 0.25) is 5.88 Å². The highest BCUT2D eigenvalue weighted by atomic mass is 16.5. The van der Waals surface area contributed by atoms with E-state index in [2.05, 4.69) is 4.98 Å². The number of aromatic nitrogens is 1. The zero-order chi connectivity index (χ0) is 17.6. The van der Waals surface area contributed by atoms with Gasteiger partial charge in [0.05, 0.1) is 0 Å². The lowest BCUT2D eigenvalue weighted by Crippen LogP contribution is -2.42. The van der Waals surface area contributed by atoms with Crippen molar-refractivity contribution in [2.75, 3.05) is 13.2 Å². The fraction of sp³-hybridized carbons (Fsp3) is 0.278. The second-order valence-electron chi connectivity index (χ2n) is 5.61. The van der Waals surface area contributed by atoms with Gasteiger partial charge in [0.25, 0.3) is 5.91 Å². The molecule has 1 aliphatic heterocycles. The molecule has 130 valence electrons. The van der Waals surface area contributed by atoms with E-state index in [0.717, 1.165) is 0 Å². The number of amides is 1. The van der Waals surface area contributed by atoms with Gasteiger partial charge in [0.15, 0.2) is 6.61 Å². The van der Waals surface area contributed by atoms with Crippen LogP contribution in [0.3, 0.4) is 0 Å². The molecule has 2 heterocycles. The third kappa shape index (κ3) is 4.26. The van der Waals surface area contributed by atoms with Gasteiger partial charge >= 0.3 is 5.97 Å². The largest absolute Gasteiger partial charge is 0.484 e. The predicted molar refractivity (Wildman–Crippen MR) is 88.6 cm³/mol. The first-order chi connectivity index (χ1) is 12.1. The van der Waals surface area contributed by atoms with E-state index in [1.54, 1.807) is 42.6 Å². The van der Waals surface area contributed by atoms with E-state index in [9.17, 15) is 9.59 Å². The summed E-state index contributed by atoms with van der Waals surface area (Å²) in [4.78, 5) is 28.7. The van der Waals surface area contributed by atoms with Crippen LogP contribution in [0.4, 0.5) is 0 Å². The fourth-order valence-electron chi connectivity index (χ4n) is 2.68. The number of hydrogen-bond acceptors (Lipinski definition) is 5. The van der Waals surface area contributed by atoms with Crippen molar-refractivity contribution in [3.8, 4) is 17.4 Å². The molecule has 25 heavy (non-hydrogen) atoms. The molecule has 1 amide bonds. The van der Waals surface area contributed by atoms with Crippen LogP contribution in [0.2, 0.25) is 0 Å². The van der Waals surface area contributed by atoms with Gasteiger partial charge in [-0.3, -0.25) is 4.79 Å². The van der Waals surface area contributed by atoms with Crippen LogP contribution in [0.1, 0.15) is 12.8 Å². The zero-order valence-electron chi connectivity index (χ0n) is 13.5. The highest BCUT2D eigenvalue weighted by Gasteiger charge is 2.33. The molecule has 1 saturated heterocycles. The van der Waals surface area contributed by atoms with E-state index in [-0.39, 0.29) is 12.5 Å². The minimum atomic E-state index is -0.970. The third-order valence-electron chi connectivity index (χ3n) is 3.90. The maximum atomic E-state index is 12.1. The van der Waals surface area contributed by atoms with Crippen molar-refractivity contribution in [3.63, 3.8) is 0 Å². The van der Waals surface area contributed by atoms with E-state index in [4.69, 9.17) is 14.6 Å². The minimum Gasteiger partial charge on any atom is -0.484 e. The fourth-order valence-corrected chi connectivity index (χ4v) is 2.68. The van der Waals surface area contributed by atoms with Crippen molar-refractivity contribution in [1.29, 1.82) is 0 Å². The Bertz CT molecular complexity index is 733. The SMILES string of the molecule is O=C(O)[C@H]1CCCN1C(=O)COc1ccc(Oc2ccccn2)cc1. The summed E-state index contributed by atoms with van der Waals surface area (Å²) in [6, 6.07) is 11.4. The first-order valence-corrected chi connectivity index (χ1v) is 7.97. The van der Waals surface area contributed by atoms with Crippen molar-refractivity contribution in [2.45, 2.75) is 18.9 Å². The molecular weight excluding hydrogens is 324 g/mol. The van der Waals surface area contributed by atoms with Crippen LogP contribution in [0.25, 0.3) is 0 Å². The predicted octanol–water partition coefficient (Wildman–Crippen LogP) is 2.33. The van der Waals surface area contributed by atoms with Crippen LogP contribution in [0, 0.1) is 0 Å². The zero-order valence-corrected chi connectivity index (χ0v) is 13.5. The Balaban J connectivity index is 1.53. The Kier molecular flexibility index (Phi) is 5.13. The molecule has 1 fully saturated rings. The molecule has 1 N–H and O–H groups in total. The lowest BCUT2D eigenvalue weighted by molar-refractivity contribution is -0.148. The molecule has 0 unspecified atom stereocenters. The molecule has 1 aliphatic rings. The summed E-state index contributed by atoms with van der Waals surface area (Å²) >= 11 is 0. The molecule has 0 aliphatic carbocycles. The number of carboxylic acid groups (broad SMARTS) is 1. The van der Waals surface area contributed by atoms with Gasteiger partial charge < -0.3 is 19.5 Å². The molecule has 7 nitrogen and oxygen atoms in total. The van der Waals surface area contributed by atoms with Crippen LogP contribution < -0.4 is 9.47 Å². The molecule has 1 atom stereocenters. The number of benzene rings is 1. The highest BCUT2D eigenvalue weighted by molar-refractivity contribution is 5.85. The number of pyridine rings is 1. The van der Waals surface area contributed by atoms with Crippen molar-refractivity contribution in [2.24, 2.45) is 0 Å². The Hall–Kier alpha value is -3.09. The Labute approximate surface area is 144 Å². The maximum absolute atomic E-state index is 12.1. The van der Waals surface area contributed by atoms with Crippen molar-refractivity contribution in [3.05, 3.63) is 48.7 Å². The van der Waals surface area contributed by atoms with Gasteiger partial charge in [0, 0.05) is 18.8 Å². The molecule has 0 bridgehead atoms. The third-order valence-corrected chi connectivity index (χ3v) is 3.90. The maximum Gasteiger partial charge on any atom is 0.326 e. The number of aliphatic carboxylic acids is 1. The summed E-state index contributed by atoms with van der Waals surface area (Å²) in [5.41, 5.74) is 0. The van der Waals surface area contributed by atoms with Crippen LogP contribution in [-0.2, 0) is 9.59 Å². The second-order valence-corrected chi connectivity index (χ2v) is 5.61. The number of carbonyl (C=O) groups is 2. The monoisotopic (exact) mass is 342 g/mol. The summed E-state index contributed by atoms with van der Waals surface area (Å²) in [5, 5.41) is 9.12. The average molecular weight is 342 g/mol. The number of carbonyl (C=O) groups excluding carboxylic acids is 1. The molecule has 7 heteroatoms. The summed E-state index contributed by atoms with van der Waals surface area (Å²) < 4.78 is 11.0. The summed E-state index contributed by atoms with van der Waals surface area (Å²) in [6.45, 7) is 0.264. The van der Waals surface area contributed by atoms with Gasteiger partial charge in [-0.25, -0.2) is 9.78 Å². The first kappa shape index (κ1) is 16.8.